The number of amides is 1. The van der Waals surface area contributed by atoms with Gasteiger partial charge in [-0.05, 0) is 40.5 Å². The predicted octanol–water partition coefficient (Wildman–Crippen LogP) is 2.61. The first-order valence-electron chi connectivity index (χ1n) is 8.45. The van der Waals surface area contributed by atoms with E-state index in [4.69, 9.17) is 4.74 Å². The van der Waals surface area contributed by atoms with E-state index >= 15 is 0 Å². The summed E-state index contributed by atoms with van der Waals surface area (Å²) < 4.78 is 7.35. The van der Waals surface area contributed by atoms with Crippen LogP contribution in [0.4, 0.5) is 4.79 Å². The van der Waals surface area contributed by atoms with Crippen molar-refractivity contribution in [1.82, 2.24) is 20.0 Å². The van der Waals surface area contributed by atoms with Gasteiger partial charge in [0, 0.05) is 44.5 Å². The van der Waals surface area contributed by atoms with Crippen molar-refractivity contribution in [2.75, 3.05) is 13.1 Å². The molecule has 1 aliphatic rings. The smallest absolute Gasteiger partial charge is 0.410 e. The van der Waals surface area contributed by atoms with E-state index in [0.717, 1.165) is 38.0 Å². The molecule has 2 heterocycles. The zero-order chi connectivity index (χ0) is 17.0. The van der Waals surface area contributed by atoms with E-state index in [-0.39, 0.29) is 6.09 Å². The molecule has 1 aromatic rings. The molecule has 0 radical (unpaired) electrons. The number of ether oxygens (including phenoxy) is 1. The molecule has 130 valence electrons. The van der Waals surface area contributed by atoms with Gasteiger partial charge in [0.2, 0.25) is 0 Å². The van der Waals surface area contributed by atoms with Crippen LogP contribution in [0.1, 0.15) is 51.3 Å². The molecule has 1 aromatic heterocycles. The van der Waals surface area contributed by atoms with Crippen LogP contribution in [0.3, 0.4) is 0 Å². The van der Waals surface area contributed by atoms with Crippen LogP contribution in [0.15, 0.2) is 6.20 Å². The van der Waals surface area contributed by atoms with Gasteiger partial charge in [0.15, 0.2) is 0 Å². The molecule has 0 bridgehead atoms. The lowest BCUT2D eigenvalue weighted by Crippen LogP contribution is -2.44. The van der Waals surface area contributed by atoms with Crippen molar-refractivity contribution in [2.24, 2.45) is 7.05 Å². The third-order valence-electron chi connectivity index (χ3n) is 4.02. The number of aromatic nitrogens is 2. The number of hydrogen-bond donors (Lipinski definition) is 1. The molecule has 1 unspecified atom stereocenters. The Bertz CT molecular complexity index is 533. The van der Waals surface area contributed by atoms with E-state index < -0.39 is 5.60 Å². The number of carbonyl (C=O) groups is 1. The Kier molecular flexibility index (Phi) is 5.68. The van der Waals surface area contributed by atoms with Crippen LogP contribution in [0, 0.1) is 6.92 Å². The molecule has 0 spiro atoms. The van der Waals surface area contributed by atoms with Crippen molar-refractivity contribution in [2.45, 2.75) is 65.1 Å². The Morgan fingerprint density at radius 1 is 1.43 bits per heavy atom. The second-order valence-electron chi connectivity index (χ2n) is 7.41. The molecule has 1 atom stereocenters. The number of likely N-dealkylation sites (tertiary alicyclic amines) is 1. The molecule has 0 aromatic carbocycles. The fourth-order valence-corrected chi connectivity index (χ4v) is 2.88. The summed E-state index contributed by atoms with van der Waals surface area (Å²) >= 11 is 0. The van der Waals surface area contributed by atoms with Gasteiger partial charge < -0.3 is 15.0 Å². The number of aryl methyl sites for hydroxylation is 2. The number of hydrogen-bond acceptors (Lipinski definition) is 4. The van der Waals surface area contributed by atoms with E-state index in [2.05, 4.69) is 10.4 Å². The highest BCUT2D eigenvalue weighted by Crippen LogP contribution is 2.16. The van der Waals surface area contributed by atoms with Crippen molar-refractivity contribution in [3.63, 3.8) is 0 Å². The predicted molar refractivity (Wildman–Crippen MR) is 90.2 cm³/mol. The van der Waals surface area contributed by atoms with Gasteiger partial charge >= 0.3 is 6.09 Å². The van der Waals surface area contributed by atoms with Crippen molar-refractivity contribution in [1.29, 1.82) is 0 Å². The third kappa shape index (κ3) is 5.53. The third-order valence-corrected chi connectivity index (χ3v) is 4.02. The molecule has 1 fully saturated rings. The van der Waals surface area contributed by atoms with Crippen LogP contribution in [-0.2, 0) is 18.3 Å². The van der Waals surface area contributed by atoms with Gasteiger partial charge in [-0.15, -0.1) is 0 Å². The number of nitrogens with one attached hydrogen (secondary N) is 1. The van der Waals surface area contributed by atoms with Crippen molar-refractivity contribution in [3.8, 4) is 0 Å². The standard InChI is InChI=1S/C17H30N4O2/c1-13-14(11-20(5)19-13)10-18-15-8-6-7-9-21(12-15)16(22)23-17(2,3)4/h11,15,18H,6-10,12H2,1-5H3. The van der Waals surface area contributed by atoms with E-state index in [1.807, 2.05) is 50.5 Å². The Morgan fingerprint density at radius 3 is 2.78 bits per heavy atom. The SMILES string of the molecule is Cc1nn(C)cc1CNC1CCCCN(C(=O)OC(C)(C)C)C1. The van der Waals surface area contributed by atoms with Crippen LogP contribution < -0.4 is 5.32 Å². The monoisotopic (exact) mass is 322 g/mol. The average molecular weight is 322 g/mol. The van der Waals surface area contributed by atoms with Crippen LogP contribution >= 0.6 is 0 Å². The molecule has 1 amide bonds. The maximum absolute atomic E-state index is 12.3. The average Bonchev–Trinajstić information content (AvgIpc) is 2.63. The lowest BCUT2D eigenvalue weighted by molar-refractivity contribution is 0.0243. The first-order valence-corrected chi connectivity index (χ1v) is 8.45. The Labute approximate surface area is 139 Å². The molecule has 1 saturated heterocycles. The minimum absolute atomic E-state index is 0.205. The molecule has 0 aliphatic carbocycles. The summed E-state index contributed by atoms with van der Waals surface area (Å²) in [5, 5.41) is 7.95. The molecular formula is C17H30N4O2. The molecule has 1 aliphatic heterocycles. The van der Waals surface area contributed by atoms with E-state index in [9.17, 15) is 4.79 Å². The lowest BCUT2D eigenvalue weighted by Gasteiger charge is -2.28. The van der Waals surface area contributed by atoms with E-state index in [1.165, 1.54) is 5.56 Å². The lowest BCUT2D eigenvalue weighted by atomic mass is 10.1. The number of rotatable bonds is 3. The molecule has 2 rings (SSSR count). The summed E-state index contributed by atoms with van der Waals surface area (Å²) in [7, 11) is 1.94. The zero-order valence-electron chi connectivity index (χ0n) is 15.1. The van der Waals surface area contributed by atoms with Crippen molar-refractivity contribution in [3.05, 3.63) is 17.5 Å². The number of nitrogens with zero attached hydrogens (tertiary/aromatic N) is 3. The number of carbonyl (C=O) groups excluding carboxylic acids is 1. The summed E-state index contributed by atoms with van der Waals surface area (Å²) in [5.41, 5.74) is 1.82. The van der Waals surface area contributed by atoms with Crippen LogP contribution in [0.5, 0.6) is 0 Å². The summed E-state index contributed by atoms with van der Waals surface area (Å²) in [6.07, 6.45) is 5.08. The van der Waals surface area contributed by atoms with Gasteiger partial charge in [0.1, 0.15) is 5.60 Å². The summed E-state index contributed by atoms with van der Waals surface area (Å²) in [4.78, 5) is 14.1. The van der Waals surface area contributed by atoms with Crippen molar-refractivity contribution >= 4 is 6.09 Å². The Balaban J connectivity index is 1.91. The Morgan fingerprint density at radius 2 is 2.17 bits per heavy atom. The van der Waals surface area contributed by atoms with E-state index in [0.29, 0.717) is 12.6 Å². The molecular weight excluding hydrogens is 292 g/mol. The van der Waals surface area contributed by atoms with Gasteiger partial charge in [0.05, 0.1) is 5.69 Å². The highest BCUT2D eigenvalue weighted by atomic mass is 16.6. The maximum Gasteiger partial charge on any atom is 0.410 e. The summed E-state index contributed by atoms with van der Waals surface area (Å²) in [6, 6.07) is 0.296. The van der Waals surface area contributed by atoms with Gasteiger partial charge in [-0.3, -0.25) is 4.68 Å². The van der Waals surface area contributed by atoms with Gasteiger partial charge in [-0.2, -0.15) is 5.10 Å². The first kappa shape index (κ1) is 17.8. The minimum atomic E-state index is -0.445. The molecule has 0 saturated carbocycles. The second-order valence-corrected chi connectivity index (χ2v) is 7.41. The van der Waals surface area contributed by atoms with E-state index in [1.54, 1.807) is 0 Å². The molecule has 6 nitrogen and oxygen atoms in total. The van der Waals surface area contributed by atoms with Crippen LogP contribution in [0.2, 0.25) is 0 Å². The summed E-state index contributed by atoms with van der Waals surface area (Å²) in [6.45, 7) is 10.0. The molecule has 1 N–H and O–H groups in total. The van der Waals surface area contributed by atoms with Crippen molar-refractivity contribution < 1.29 is 9.53 Å². The summed E-state index contributed by atoms with van der Waals surface area (Å²) in [5.74, 6) is 0. The second kappa shape index (κ2) is 7.34. The quantitative estimate of drug-likeness (QED) is 0.929. The first-order chi connectivity index (χ1) is 10.7. The van der Waals surface area contributed by atoms with Gasteiger partial charge in [-0.25, -0.2) is 4.79 Å². The fourth-order valence-electron chi connectivity index (χ4n) is 2.88. The van der Waals surface area contributed by atoms with Crippen LogP contribution in [-0.4, -0.2) is 45.5 Å². The Hall–Kier alpha value is -1.56. The normalized spacial score (nSPS) is 19.5. The largest absolute Gasteiger partial charge is 0.444 e. The maximum atomic E-state index is 12.3. The highest BCUT2D eigenvalue weighted by molar-refractivity contribution is 5.68. The minimum Gasteiger partial charge on any atom is -0.444 e. The highest BCUT2D eigenvalue weighted by Gasteiger charge is 2.26. The zero-order valence-corrected chi connectivity index (χ0v) is 15.1. The molecule has 23 heavy (non-hydrogen) atoms. The molecule has 6 heteroatoms. The van der Waals surface area contributed by atoms with Gasteiger partial charge in [-0.1, -0.05) is 6.42 Å². The van der Waals surface area contributed by atoms with Crippen LogP contribution in [0.25, 0.3) is 0 Å². The topological polar surface area (TPSA) is 59.4 Å². The fraction of sp³-hybridized carbons (Fsp3) is 0.765. The van der Waals surface area contributed by atoms with Gasteiger partial charge in [0.25, 0.3) is 0 Å².